The summed E-state index contributed by atoms with van der Waals surface area (Å²) in [6, 6.07) is 7.13. The van der Waals surface area contributed by atoms with Gasteiger partial charge in [0.15, 0.2) is 9.47 Å². The number of amides is 1. The zero-order chi connectivity index (χ0) is 17.1. The zero-order valence-electron chi connectivity index (χ0n) is 12.5. The first kappa shape index (κ1) is 17.2. The van der Waals surface area contributed by atoms with Crippen LogP contribution in [0.5, 0.6) is 0 Å². The fourth-order valence-corrected chi connectivity index (χ4v) is 4.63. The molecule has 0 aliphatic rings. The molecule has 0 saturated heterocycles. The van der Waals surface area contributed by atoms with E-state index in [1.54, 1.807) is 23.1 Å². The number of thiazole rings is 1. The van der Waals surface area contributed by atoms with Crippen molar-refractivity contribution in [3.05, 3.63) is 40.4 Å². The molecule has 1 amide bonds. The second kappa shape index (κ2) is 7.47. The number of carbonyl (C=O) groups is 1. The molecule has 0 atom stereocenters. The topological polar surface area (TPSA) is 85.0 Å². The van der Waals surface area contributed by atoms with Crippen molar-refractivity contribution < 1.29 is 4.79 Å². The van der Waals surface area contributed by atoms with Gasteiger partial charge in [-0.1, -0.05) is 40.8 Å². The normalized spacial score (nSPS) is 10.8. The molecule has 1 aromatic carbocycles. The van der Waals surface area contributed by atoms with Gasteiger partial charge in [0.2, 0.25) is 11.0 Å². The minimum Gasteiger partial charge on any atom is -0.374 e. The van der Waals surface area contributed by atoms with Gasteiger partial charge in [0, 0.05) is 23.1 Å². The molecule has 0 aliphatic heterocycles. The van der Waals surface area contributed by atoms with Gasteiger partial charge in [-0.05, 0) is 18.2 Å². The largest absolute Gasteiger partial charge is 0.374 e. The van der Waals surface area contributed by atoms with Crippen LogP contribution in [-0.2, 0) is 10.5 Å². The Morgan fingerprint density at radius 2 is 2.25 bits per heavy atom. The van der Waals surface area contributed by atoms with Gasteiger partial charge >= 0.3 is 0 Å². The lowest BCUT2D eigenvalue weighted by Gasteiger charge is -2.18. The first-order valence-corrected chi connectivity index (χ1v) is 9.81. The maximum Gasteiger partial charge on any atom is 0.230 e. The van der Waals surface area contributed by atoms with Crippen LogP contribution in [0.15, 0.2) is 34.0 Å². The molecule has 0 radical (unpaired) electrons. The number of nitrogens with zero attached hydrogens (tertiary/aromatic N) is 4. The Morgan fingerprint density at radius 3 is 2.92 bits per heavy atom. The van der Waals surface area contributed by atoms with Gasteiger partial charge in [-0.2, -0.15) is 0 Å². The Hall–Kier alpha value is -1.68. The van der Waals surface area contributed by atoms with Crippen molar-refractivity contribution in [3.63, 3.8) is 0 Å². The number of hydrogen-bond acceptors (Lipinski definition) is 8. The van der Waals surface area contributed by atoms with Crippen molar-refractivity contribution in [1.82, 2.24) is 15.2 Å². The highest BCUT2D eigenvalue weighted by molar-refractivity contribution is 8.00. The predicted octanol–water partition coefficient (Wildman–Crippen LogP) is 4.21. The van der Waals surface area contributed by atoms with Gasteiger partial charge in [-0.15, -0.1) is 21.5 Å². The van der Waals surface area contributed by atoms with Gasteiger partial charge in [0.05, 0.1) is 11.4 Å². The summed E-state index contributed by atoms with van der Waals surface area (Å²) >= 11 is 10.3. The zero-order valence-corrected chi connectivity index (χ0v) is 15.7. The predicted molar refractivity (Wildman–Crippen MR) is 100 cm³/mol. The van der Waals surface area contributed by atoms with Crippen molar-refractivity contribution in [2.24, 2.45) is 0 Å². The SMILES string of the molecule is CC(=O)N(c1cccc(Cl)c1)c1nc(CSc2nnc(N)s2)cs1. The van der Waals surface area contributed by atoms with Crippen LogP contribution >= 0.6 is 46.0 Å². The molecule has 3 aromatic rings. The Morgan fingerprint density at radius 1 is 1.42 bits per heavy atom. The number of aromatic nitrogens is 3. The van der Waals surface area contributed by atoms with Crippen LogP contribution in [-0.4, -0.2) is 21.1 Å². The minimum atomic E-state index is -0.122. The number of nitrogen functional groups attached to an aromatic ring is 1. The number of benzene rings is 1. The molecule has 0 aliphatic carbocycles. The molecule has 0 spiro atoms. The number of thioether (sulfide) groups is 1. The first-order valence-electron chi connectivity index (χ1n) is 6.75. The third-order valence-electron chi connectivity index (χ3n) is 2.88. The van der Waals surface area contributed by atoms with E-state index in [-0.39, 0.29) is 5.91 Å². The third-order valence-corrected chi connectivity index (χ3v) is 5.91. The second-order valence-electron chi connectivity index (χ2n) is 4.65. The molecule has 6 nitrogen and oxygen atoms in total. The van der Waals surface area contributed by atoms with E-state index in [1.807, 2.05) is 11.4 Å². The number of hydrogen-bond donors (Lipinski definition) is 1. The Balaban J connectivity index is 1.78. The lowest BCUT2D eigenvalue weighted by Crippen LogP contribution is -2.22. The maximum absolute atomic E-state index is 12.1. The average molecular weight is 398 g/mol. The average Bonchev–Trinajstić information content (AvgIpc) is 3.14. The van der Waals surface area contributed by atoms with Crippen LogP contribution < -0.4 is 10.6 Å². The van der Waals surface area contributed by atoms with Crippen LogP contribution in [0.25, 0.3) is 0 Å². The fourth-order valence-electron chi connectivity index (χ4n) is 1.92. The summed E-state index contributed by atoms with van der Waals surface area (Å²) in [4.78, 5) is 18.2. The molecule has 2 heterocycles. The molecule has 10 heteroatoms. The smallest absolute Gasteiger partial charge is 0.230 e. The molecule has 0 fully saturated rings. The Labute approximate surface area is 155 Å². The summed E-state index contributed by atoms with van der Waals surface area (Å²) in [6.07, 6.45) is 0. The van der Waals surface area contributed by atoms with Crippen molar-refractivity contribution in [3.8, 4) is 0 Å². The molecular weight excluding hydrogens is 386 g/mol. The van der Waals surface area contributed by atoms with Crippen molar-refractivity contribution in [2.45, 2.75) is 17.0 Å². The molecule has 124 valence electrons. The van der Waals surface area contributed by atoms with Crippen LogP contribution in [0.2, 0.25) is 5.02 Å². The van der Waals surface area contributed by atoms with Crippen molar-refractivity contribution >= 4 is 67.9 Å². The highest BCUT2D eigenvalue weighted by Crippen LogP contribution is 2.33. The summed E-state index contributed by atoms with van der Waals surface area (Å²) in [5.41, 5.74) is 7.12. The lowest BCUT2D eigenvalue weighted by atomic mass is 10.3. The second-order valence-corrected chi connectivity index (χ2v) is 8.16. The van der Waals surface area contributed by atoms with Crippen LogP contribution in [0.3, 0.4) is 0 Å². The van der Waals surface area contributed by atoms with Crippen LogP contribution in [0.1, 0.15) is 12.6 Å². The van der Waals surface area contributed by atoms with Gasteiger partial charge in [0.1, 0.15) is 0 Å². The summed E-state index contributed by atoms with van der Waals surface area (Å²) in [7, 11) is 0. The van der Waals surface area contributed by atoms with E-state index in [0.717, 1.165) is 10.0 Å². The fraction of sp³-hybridized carbons (Fsp3) is 0.143. The van der Waals surface area contributed by atoms with E-state index in [2.05, 4.69) is 15.2 Å². The summed E-state index contributed by atoms with van der Waals surface area (Å²) < 4.78 is 0.792. The molecule has 3 rings (SSSR count). The Kier molecular flexibility index (Phi) is 5.34. The molecule has 2 N–H and O–H groups in total. The highest BCUT2D eigenvalue weighted by atomic mass is 35.5. The standard InChI is InChI=1S/C14H12ClN5OS3/c1-8(21)20(11-4-2-3-9(15)5-11)13-17-10(6-22-13)7-23-14-19-18-12(16)24-14/h2-6H,7H2,1H3,(H2,16,18). The minimum absolute atomic E-state index is 0.122. The van der Waals surface area contributed by atoms with E-state index in [4.69, 9.17) is 17.3 Å². The van der Waals surface area contributed by atoms with Gasteiger partial charge in [0.25, 0.3) is 0 Å². The van der Waals surface area contributed by atoms with E-state index in [0.29, 0.717) is 26.7 Å². The summed E-state index contributed by atoms with van der Waals surface area (Å²) in [6.45, 7) is 1.50. The van der Waals surface area contributed by atoms with Crippen LogP contribution in [0.4, 0.5) is 16.0 Å². The molecule has 0 saturated carbocycles. The molecule has 0 bridgehead atoms. The van der Waals surface area contributed by atoms with Crippen LogP contribution in [0, 0.1) is 0 Å². The molecule has 2 aromatic heterocycles. The maximum atomic E-state index is 12.1. The van der Waals surface area contributed by atoms with Gasteiger partial charge < -0.3 is 5.73 Å². The lowest BCUT2D eigenvalue weighted by molar-refractivity contribution is -0.115. The highest BCUT2D eigenvalue weighted by Gasteiger charge is 2.18. The summed E-state index contributed by atoms with van der Waals surface area (Å²) in [5, 5.41) is 11.3. The number of rotatable bonds is 5. The summed E-state index contributed by atoms with van der Waals surface area (Å²) in [5.74, 6) is 0.509. The number of halogens is 1. The quantitative estimate of drug-likeness (QED) is 0.649. The van der Waals surface area contributed by atoms with Gasteiger partial charge in [-0.25, -0.2) is 4.98 Å². The van der Waals surface area contributed by atoms with Gasteiger partial charge in [-0.3, -0.25) is 9.69 Å². The number of anilines is 3. The third kappa shape index (κ3) is 4.04. The Bertz CT molecular complexity index is 865. The van der Waals surface area contributed by atoms with E-state index in [9.17, 15) is 4.79 Å². The van der Waals surface area contributed by atoms with Crippen molar-refractivity contribution in [1.29, 1.82) is 0 Å². The monoisotopic (exact) mass is 397 g/mol. The van der Waals surface area contributed by atoms with E-state index in [1.165, 1.54) is 41.4 Å². The van der Waals surface area contributed by atoms with Crippen molar-refractivity contribution in [2.75, 3.05) is 10.6 Å². The molecular formula is C14H12ClN5OS3. The number of nitrogens with two attached hydrogens (primary N) is 1. The first-order chi connectivity index (χ1) is 11.5. The molecule has 0 unspecified atom stereocenters. The van der Waals surface area contributed by atoms with E-state index >= 15 is 0 Å². The number of carbonyl (C=O) groups excluding carboxylic acids is 1. The van der Waals surface area contributed by atoms with E-state index < -0.39 is 0 Å². The molecule has 24 heavy (non-hydrogen) atoms.